The Morgan fingerprint density at radius 3 is 2.65 bits per heavy atom. The normalized spacial score (nSPS) is 32.8. The minimum absolute atomic E-state index is 0.224. The third kappa shape index (κ3) is 1.97. The topological polar surface area (TPSA) is 49.6 Å². The molecule has 3 aliphatic rings. The van der Waals surface area contributed by atoms with E-state index in [-0.39, 0.29) is 5.91 Å². The number of fused-ring (bicyclic) bond motifs is 1. The van der Waals surface area contributed by atoms with Crippen LogP contribution in [-0.2, 0) is 4.79 Å². The number of hydrogen-bond acceptors (Lipinski definition) is 3. The highest BCUT2D eigenvalue weighted by Gasteiger charge is 2.42. The van der Waals surface area contributed by atoms with E-state index in [1.54, 1.807) is 0 Å². The first-order valence-corrected chi connectivity index (χ1v) is 7.01. The van der Waals surface area contributed by atoms with Crippen molar-refractivity contribution in [2.75, 3.05) is 26.2 Å². The van der Waals surface area contributed by atoms with Gasteiger partial charge in [-0.25, -0.2) is 0 Å². The monoisotopic (exact) mass is 237 g/mol. The summed E-state index contributed by atoms with van der Waals surface area (Å²) in [6, 6.07) is 0.609. The molecule has 1 amide bonds. The number of rotatable bonds is 1. The van der Waals surface area contributed by atoms with Crippen molar-refractivity contribution < 1.29 is 4.79 Å². The maximum atomic E-state index is 12.5. The van der Waals surface area contributed by atoms with Crippen LogP contribution in [0.5, 0.6) is 0 Å². The van der Waals surface area contributed by atoms with Crippen molar-refractivity contribution in [1.82, 2.24) is 9.80 Å². The van der Waals surface area contributed by atoms with Gasteiger partial charge in [-0.2, -0.15) is 0 Å². The maximum Gasteiger partial charge on any atom is 0.242 e. The van der Waals surface area contributed by atoms with Crippen LogP contribution >= 0.6 is 0 Å². The molecule has 3 fully saturated rings. The molecule has 96 valence electrons. The summed E-state index contributed by atoms with van der Waals surface area (Å²) in [6.07, 6.45) is 6.55. The quantitative estimate of drug-likeness (QED) is 0.725. The second-order valence-corrected chi connectivity index (χ2v) is 5.95. The molecule has 1 atom stereocenters. The fourth-order valence-corrected chi connectivity index (χ4v) is 3.71. The molecule has 3 rings (SSSR count). The molecule has 1 saturated carbocycles. The zero-order valence-electron chi connectivity index (χ0n) is 10.5. The summed E-state index contributed by atoms with van der Waals surface area (Å²) in [5.41, 5.74) is 5.74. The SMILES string of the molecule is NC1(C(=O)N2CCN3CCCC3C2)CCCC1. The van der Waals surface area contributed by atoms with Crippen molar-refractivity contribution in [3.63, 3.8) is 0 Å². The highest BCUT2D eigenvalue weighted by molar-refractivity contribution is 5.86. The lowest BCUT2D eigenvalue weighted by Crippen LogP contribution is -2.60. The second-order valence-electron chi connectivity index (χ2n) is 5.95. The van der Waals surface area contributed by atoms with Gasteiger partial charge in [0.25, 0.3) is 0 Å². The zero-order valence-corrected chi connectivity index (χ0v) is 10.5. The van der Waals surface area contributed by atoms with Gasteiger partial charge in [0.05, 0.1) is 5.54 Å². The Labute approximate surface area is 103 Å². The van der Waals surface area contributed by atoms with E-state index in [4.69, 9.17) is 5.73 Å². The molecule has 0 bridgehead atoms. The third-order valence-corrected chi connectivity index (χ3v) is 4.80. The molecule has 0 spiro atoms. The van der Waals surface area contributed by atoms with Crippen molar-refractivity contribution in [2.45, 2.75) is 50.1 Å². The first-order valence-electron chi connectivity index (χ1n) is 7.01. The molecule has 0 aromatic carbocycles. The standard InChI is InChI=1S/C13H23N3O/c14-13(5-1-2-6-13)12(17)16-9-8-15-7-3-4-11(15)10-16/h11H,1-10,14H2. The smallest absolute Gasteiger partial charge is 0.242 e. The number of piperazine rings is 1. The summed E-state index contributed by atoms with van der Waals surface area (Å²) in [5, 5.41) is 0. The summed E-state index contributed by atoms with van der Waals surface area (Å²) < 4.78 is 0. The fraction of sp³-hybridized carbons (Fsp3) is 0.923. The van der Waals surface area contributed by atoms with Crippen LogP contribution < -0.4 is 5.73 Å². The van der Waals surface area contributed by atoms with Gasteiger partial charge in [-0.3, -0.25) is 9.69 Å². The van der Waals surface area contributed by atoms with Gasteiger partial charge < -0.3 is 10.6 Å². The lowest BCUT2D eigenvalue weighted by molar-refractivity contribution is -0.139. The number of nitrogens with two attached hydrogens (primary N) is 1. The summed E-state index contributed by atoms with van der Waals surface area (Å²) in [7, 11) is 0. The minimum Gasteiger partial charge on any atom is -0.338 e. The first kappa shape index (κ1) is 11.5. The molecule has 0 aromatic rings. The van der Waals surface area contributed by atoms with Crippen LogP contribution in [0.1, 0.15) is 38.5 Å². The van der Waals surface area contributed by atoms with Gasteiger partial charge in [-0.15, -0.1) is 0 Å². The number of carbonyl (C=O) groups excluding carboxylic acids is 1. The van der Waals surface area contributed by atoms with E-state index in [9.17, 15) is 4.79 Å². The van der Waals surface area contributed by atoms with Crippen molar-refractivity contribution in [2.24, 2.45) is 5.73 Å². The highest BCUT2D eigenvalue weighted by Crippen LogP contribution is 2.30. The Morgan fingerprint density at radius 1 is 1.12 bits per heavy atom. The molecule has 2 heterocycles. The zero-order chi connectivity index (χ0) is 11.9. The van der Waals surface area contributed by atoms with E-state index in [1.165, 1.54) is 19.4 Å². The van der Waals surface area contributed by atoms with Gasteiger partial charge >= 0.3 is 0 Å². The van der Waals surface area contributed by atoms with E-state index < -0.39 is 5.54 Å². The molecule has 2 aliphatic heterocycles. The van der Waals surface area contributed by atoms with E-state index in [0.29, 0.717) is 6.04 Å². The van der Waals surface area contributed by atoms with Crippen LogP contribution in [0.2, 0.25) is 0 Å². The number of hydrogen-bond donors (Lipinski definition) is 1. The van der Waals surface area contributed by atoms with E-state index in [2.05, 4.69) is 4.90 Å². The minimum atomic E-state index is -0.527. The van der Waals surface area contributed by atoms with Gasteiger partial charge in [0.1, 0.15) is 0 Å². The van der Waals surface area contributed by atoms with Crippen LogP contribution in [0.15, 0.2) is 0 Å². The summed E-state index contributed by atoms with van der Waals surface area (Å²) in [4.78, 5) is 17.1. The molecule has 17 heavy (non-hydrogen) atoms. The molecule has 0 radical (unpaired) electrons. The molecule has 2 N–H and O–H groups in total. The Bertz CT molecular complexity index is 312. The first-order chi connectivity index (χ1) is 8.19. The van der Waals surface area contributed by atoms with Gasteiger partial charge in [-0.05, 0) is 32.2 Å². The maximum absolute atomic E-state index is 12.5. The Hall–Kier alpha value is -0.610. The van der Waals surface area contributed by atoms with Crippen LogP contribution in [0, 0.1) is 0 Å². The molecule has 4 nitrogen and oxygen atoms in total. The van der Waals surface area contributed by atoms with Gasteiger partial charge in [0.15, 0.2) is 0 Å². The van der Waals surface area contributed by atoms with Crippen molar-refractivity contribution in [1.29, 1.82) is 0 Å². The molecule has 1 unspecified atom stereocenters. The summed E-state index contributed by atoms with van der Waals surface area (Å²) in [5.74, 6) is 0.224. The fourth-order valence-electron chi connectivity index (χ4n) is 3.71. The van der Waals surface area contributed by atoms with Crippen molar-refractivity contribution in [3.05, 3.63) is 0 Å². The average molecular weight is 237 g/mol. The van der Waals surface area contributed by atoms with Crippen molar-refractivity contribution in [3.8, 4) is 0 Å². The highest BCUT2D eigenvalue weighted by atomic mass is 16.2. The predicted molar refractivity (Wildman–Crippen MR) is 66.6 cm³/mol. The van der Waals surface area contributed by atoms with Crippen molar-refractivity contribution >= 4 is 5.91 Å². The lowest BCUT2D eigenvalue weighted by Gasteiger charge is -2.40. The average Bonchev–Trinajstić information content (AvgIpc) is 2.96. The van der Waals surface area contributed by atoms with E-state index in [1.807, 2.05) is 4.90 Å². The van der Waals surface area contributed by atoms with Crippen LogP contribution in [0.25, 0.3) is 0 Å². The molecule has 1 aliphatic carbocycles. The lowest BCUT2D eigenvalue weighted by atomic mass is 9.96. The van der Waals surface area contributed by atoms with E-state index >= 15 is 0 Å². The van der Waals surface area contributed by atoms with Gasteiger partial charge in [-0.1, -0.05) is 12.8 Å². The predicted octanol–water partition coefficient (Wildman–Crippen LogP) is 0.564. The summed E-state index contributed by atoms with van der Waals surface area (Å²) >= 11 is 0. The number of nitrogens with zero attached hydrogens (tertiary/aromatic N) is 2. The summed E-state index contributed by atoms with van der Waals surface area (Å²) in [6.45, 7) is 4.07. The van der Waals surface area contributed by atoms with Gasteiger partial charge in [0.2, 0.25) is 5.91 Å². The van der Waals surface area contributed by atoms with Crippen LogP contribution in [0.3, 0.4) is 0 Å². The Balaban J connectivity index is 1.66. The molecular weight excluding hydrogens is 214 g/mol. The largest absolute Gasteiger partial charge is 0.338 e. The third-order valence-electron chi connectivity index (χ3n) is 4.80. The molecular formula is C13H23N3O. The van der Waals surface area contributed by atoms with E-state index in [0.717, 1.165) is 45.3 Å². The number of carbonyl (C=O) groups is 1. The molecule has 0 aromatic heterocycles. The molecule has 2 saturated heterocycles. The second kappa shape index (κ2) is 4.25. The Kier molecular flexibility index (Phi) is 2.87. The Morgan fingerprint density at radius 2 is 1.88 bits per heavy atom. The van der Waals surface area contributed by atoms with Gasteiger partial charge in [0, 0.05) is 25.7 Å². The van der Waals surface area contributed by atoms with Crippen LogP contribution in [-0.4, -0.2) is 53.5 Å². The van der Waals surface area contributed by atoms with Crippen LogP contribution in [0.4, 0.5) is 0 Å². The number of amides is 1. The molecule has 4 heteroatoms.